The number of ether oxygens (including phenoxy) is 1. The topological polar surface area (TPSA) is 88.2 Å². The third kappa shape index (κ3) is 4.77. The van der Waals surface area contributed by atoms with E-state index in [1.165, 1.54) is 0 Å². The second-order valence-electron chi connectivity index (χ2n) is 9.05. The van der Waals surface area contributed by atoms with Crippen LogP contribution in [0, 0.1) is 11.8 Å². The van der Waals surface area contributed by atoms with Crippen LogP contribution >= 0.6 is 0 Å². The summed E-state index contributed by atoms with van der Waals surface area (Å²) in [5.41, 5.74) is 6.00. The molecule has 0 aliphatic carbocycles. The molecule has 1 saturated heterocycles. The van der Waals surface area contributed by atoms with Crippen molar-refractivity contribution in [1.82, 2.24) is 9.80 Å². The van der Waals surface area contributed by atoms with Crippen LogP contribution in [0.3, 0.4) is 0 Å². The number of benzene rings is 1. The fourth-order valence-corrected chi connectivity index (χ4v) is 4.57. The van der Waals surface area contributed by atoms with Gasteiger partial charge in [-0.25, -0.2) is 4.99 Å². The summed E-state index contributed by atoms with van der Waals surface area (Å²) < 4.78 is 5.22. The number of carbonyl (C=O) groups excluding carboxylic acids is 2. The van der Waals surface area contributed by atoms with Crippen LogP contribution in [0.4, 0.5) is 0 Å². The van der Waals surface area contributed by atoms with Gasteiger partial charge in [-0.3, -0.25) is 14.5 Å². The average molecular weight is 415 g/mol. The van der Waals surface area contributed by atoms with Crippen molar-refractivity contribution in [3.05, 3.63) is 29.8 Å². The third-order valence-corrected chi connectivity index (χ3v) is 6.13. The van der Waals surface area contributed by atoms with Crippen molar-refractivity contribution >= 4 is 17.8 Å². The van der Waals surface area contributed by atoms with E-state index in [-0.39, 0.29) is 11.8 Å². The van der Waals surface area contributed by atoms with E-state index in [4.69, 9.17) is 10.5 Å². The first kappa shape index (κ1) is 22.1. The van der Waals surface area contributed by atoms with Gasteiger partial charge in [-0.2, -0.15) is 0 Å². The summed E-state index contributed by atoms with van der Waals surface area (Å²) in [4.78, 5) is 33.7. The zero-order valence-corrected chi connectivity index (χ0v) is 18.6. The summed E-state index contributed by atoms with van der Waals surface area (Å²) in [6.07, 6.45) is 3.44. The van der Waals surface area contributed by atoms with Gasteiger partial charge in [-0.05, 0) is 62.6 Å². The molecule has 30 heavy (non-hydrogen) atoms. The van der Waals surface area contributed by atoms with Gasteiger partial charge in [0.25, 0.3) is 11.8 Å². The van der Waals surface area contributed by atoms with Crippen molar-refractivity contribution in [1.29, 1.82) is 0 Å². The molecular formula is C23H34N4O3. The van der Waals surface area contributed by atoms with E-state index >= 15 is 0 Å². The van der Waals surface area contributed by atoms with E-state index < -0.39 is 5.54 Å². The van der Waals surface area contributed by atoms with Crippen LogP contribution < -0.4 is 10.5 Å². The van der Waals surface area contributed by atoms with Crippen molar-refractivity contribution in [3.63, 3.8) is 0 Å². The molecule has 0 saturated carbocycles. The molecule has 2 N–H and O–H groups in total. The number of guanidine groups is 1. The van der Waals surface area contributed by atoms with Gasteiger partial charge in [0.2, 0.25) is 0 Å². The van der Waals surface area contributed by atoms with Crippen LogP contribution in [-0.2, 0) is 4.79 Å². The number of methoxy groups -OCH3 is 1. The number of carbonyl (C=O) groups is 2. The van der Waals surface area contributed by atoms with Crippen molar-refractivity contribution in [3.8, 4) is 5.75 Å². The van der Waals surface area contributed by atoms with Gasteiger partial charge < -0.3 is 15.4 Å². The van der Waals surface area contributed by atoms with E-state index in [1.807, 2.05) is 30.0 Å². The van der Waals surface area contributed by atoms with Gasteiger partial charge in [0, 0.05) is 25.2 Å². The highest BCUT2D eigenvalue weighted by Gasteiger charge is 2.44. The molecule has 2 amide bonds. The Balaban J connectivity index is 1.50. The highest BCUT2D eigenvalue weighted by molar-refractivity contribution is 6.06. The Labute approximate surface area is 179 Å². The van der Waals surface area contributed by atoms with Crippen molar-refractivity contribution in [2.45, 2.75) is 52.0 Å². The number of piperidine rings is 1. The number of hydrogen-bond acceptors (Lipinski definition) is 5. The molecule has 7 heteroatoms. The molecule has 1 aromatic rings. The number of nitrogens with two attached hydrogens (primary N) is 1. The van der Waals surface area contributed by atoms with Gasteiger partial charge in [0.05, 0.1) is 7.11 Å². The molecule has 1 atom stereocenters. The highest BCUT2D eigenvalue weighted by Crippen LogP contribution is 2.30. The minimum absolute atomic E-state index is 0.0133. The Hall–Kier alpha value is -2.57. The van der Waals surface area contributed by atoms with E-state index in [9.17, 15) is 9.59 Å². The zero-order chi connectivity index (χ0) is 21.9. The van der Waals surface area contributed by atoms with Crippen LogP contribution in [0.2, 0.25) is 0 Å². The molecule has 0 radical (unpaired) electrons. The van der Waals surface area contributed by atoms with E-state index in [0.717, 1.165) is 32.4 Å². The van der Waals surface area contributed by atoms with Gasteiger partial charge in [0.15, 0.2) is 5.96 Å². The van der Waals surface area contributed by atoms with Gasteiger partial charge in [-0.1, -0.05) is 19.9 Å². The second-order valence-corrected chi connectivity index (χ2v) is 9.05. The molecule has 2 aliphatic heterocycles. The lowest BCUT2D eigenvalue weighted by atomic mass is 9.90. The molecule has 0 bridgehead atoms. The molecule has 7 nitrogen and oxygen atoms in total. The molecule has 3 rings (SSSR count). The summed E-state index contributed by atoms with van der Waals surface area (Å²) in [5, 5.41) is 0. The first-order valence-corrected chi connectivity index (χ1v) is 10.8. The average Bonchev–Trinajstić information content (AvgIpc) is 2.93. The normalized spacial score (nSPS) is 22.6. The Bertz CT molecular complexity index is 814. The molecule has 1 fully saturated rings. The largest absolute Gasteiger partial charge is 0.497 e. The van der Waals surface area contributed by atoms with Gasteiger partial charge in [-0.15, -0.1) is 0 Å². The molecule has 1 aromatic carbocycles. The quantitative estimate of drug-likeness (QED) is 0.743. The molecular weight excluding hydrogens is 380 g/mol. The molecule has 2 aliphatic rings. The number of hydrogen-bond donors (Lipinski definition) is 1. The Morgan fingerprint density at radius 3 is 2.67 bits per heavy atom. The van der Waals surface area contributed by atoms with Gasteiger partial charge in [0.1, 0.15) is 11.3 Å². The lowest BCUT2D eigenvalue weighted by Gasteiger charge is -2.33. The minimum atomic E-state index is -0.731. The van der Waals surface area contributed by atoms with Crippen molar-refractivity contribution < 1.29 is 14.3 Å². The van der Waals surface area contributed by atoms with Crippen LogP contribution in [0.1, 0.15) is 56.8 Å². The van der Waals surface area contributed by atoms with E-state index in [0.29, 0.717) is 42.1 Å². The second kappa shape index (κ2) is 9.06. The SMILES string of the molecule is COc1cccc(C(=O)N2CCC(CCN3C(=O)C(C)(CC(C)C)N=C3N)CC2)c1. The molecule has 1 unspecified atom stereocenters. The fraction of sp³-hybridized carbons (Fsp3) is 0.609. The monoisotopic (exact) mass is 414 g/mol. The smallest absolute Gasteiger partial charge is 0.257 e. The maximum Gasteiger partial charge on any atom is 0.257 e. The standard InChI is InChI=1S/C23H34N4O3/c1-16(2)15-23(3)21(29)27(22(24)25-23)13-10-17-8-11-26(12-9-17)20(28)18-6-5-7-19(14-18)30-4/h5-7,14,16-17H,8-13,15H2,1-4H3,(H2,24,25). The first-order valence-electron chi connectivity index (χ1n) is 10.8. The number of nitrogens with zero attached hydrogens (tertiary/aromatic N) is 3. The lowest BCUT2D eigenvalue weighted by molar-refractivity contribution is -0.131. The van der Waals surface area contributed by atoms with E-state index in [1.54, 1.807) is 18.1 Å². The first-order chi connectivity index (χ1) is 14.2. The lowest BCUT2D eigenvalue weighted by Crippen LogP contribution is -2.45. The summed E-state index contributed by atoms with van der Waals surface area (Å²) in [6, 6.07) is 7.28. The Kier molecular flexibility index (Phi) is 6.68. The maximum atomic E-state index is 12.9. The minimum Gasteiger partial charge on any atom is -0.497 e. The number of amides is 2. The third-order valence-electron chi connectivity index (χ3n) is 6.13. The van der Waals surface area contributed by atoms with E-state index in [2.05, 4.69) is 18.8 Å². The van der Waals surface area contributed by atoms with Crippen LogP contribution in [0.15, 0.2) is 29.3 Å². The Morgan fingerprint density at radius 2 is 2.03 bits per heavy atom. The van der Waals surface area contributed by atoms with Crippen LogP contribution in [0.5, 0.6) is 5.75 Å². The predicted molar refractivity (Wildman–Crippen MR) is 117 cm³/mol. The number of rotatable bonds is 7. The van der Waals surface area contributed by atoms with Crippen molar-refractivity contribution in [2.24, 2.45) is 22.6 Å². The maximum absolute atomic E-state index is 12.9. The summed E-state index contributed by atoms with van der Waals surface area (Å²) in [6.45, 7) is 8.11. The molecule has 0 spiro atoms. The predicted octanol–water partition coefficient (Wildman–Crippen LogP) is 2.90. The summed E-state index contributed by atoms with van der Waals surface area (Å²) in [7, 11) is 1.60. The summed E-state index contributed by atoms with van der Waals surface area (Å²) in [5.74, 6) is 1.93. The number of likely N-dealkylation sites (tertiary alicyclic amines) is 1. The summed E-state index contributed by atoms with van der Waals surface area (Å²) >= 11 is 0. The van der Waals surface area contributed by atoms with Crippen molar-refractivity contribution in [2.75, 3.05) is 26.7 Å². The van der Waals surface area contributed by atoms with Gasteiger partial charge >= 0.3 is 0 Å². The zero-order valence-electron chi connectivity index (χ0n) is 18.6. The van der Waals surface area contributed by atoms with Crippen LogP contribution in [-0.4, -0.2) is 59.9 Å². The number of aliphatic imine (C=N–C) groups is 1. The Morgan fingerprint density at radius 1 is 1.33 bits per heavy atom. The molecule has 0 aromatic heterocycles. The molecule has 164 valence electrons. The molecule has 2 heterocycles. The fourth-order valence-electron chi connectivity index (χ4n) is 4.57. The van der Waals surface area contributed by atoms with Crippen LogP contribution in [0.25, 0.3) is 0 Å². The highest BCUT2D eigenvalue weighted by atomic mass is 16.5.